The summed E-state index contributed by atoms with van der Waals surface area (Å²) in [5.41, 5.74) is 0.549. The van der Waals surface area contributed by atoms with Gasteiger partial charge in [0, 0.05) is 0 Å². The third-order valence-electron chi connectivity index (χ3n) is 2.23. The molecule has 106 valence electrons. The first-order valence-electron chi connectivity index (χ1n) is 6.07. The number of aromatic nitrogens is 3. The molecule has 0 bridgehead atoms. The lowest BCUT2D eigenvalue weighted by atomic mass is 10.4. The molecule has 0 fully saturated rings. The first-order valence-corrected chi connectivity index (χ1v) is 7.22. The van der Waals surface area contributed by atoms with E-state index in [9.17, 15) is 9.59 Å². The van der Waals surface area contributed by atoms with Crippen LogP contribution in [0.1, 0.15) is 25.5 Å². The molecule has 0 atom stereocenters. The van der Waals surface area contributed by atoms with E-state index in [0.717, 1.165) is 18.6 Å². The number of amides is 1. The number of carboxylic acid groups (broad SMARTS) is 1. The topological polar surface area (TPSA) is 97.1 Å². The number of hydrogen-bond donors (Lipinski definition) is 2. The van der Waals surface area contributed by atoms with E-state index in [1.165, 1.54) is 10.9 Å². The van der Waals surface area contributed by atoms with Gasteiger partial charge in [-0.15, -0.1) is 5.10 Å². The van der Waals surface area contributed by atoms with E-state index in [1.807, 2.05) is 0 Å². The Bertz CT molecular complexity index is 422. The first kappa shape index (κ1) is 15.5. The minimum Gasteiger partial charge on any atom is -0.480 e. The molecule has 19 heavy (non-hydrogen) atoms. The highest BCUT2D eigenvalue weighted by atomic mass is 32.2. The van der Waals surface area contributed by atoms with Crippen LogP contribution in [0.4, 0.5) is 0 Å². The second-order valence-corrected chi connectivity index (χ2v) is 5.09. The van der Waals surface area contributed by atoms with Crippen LogP contribution in [0.3, 0.4) is 0 Å². The Balaban J connectivity index is 2.22. The minimum absolute atomic E-state index is 0.0473. The van der Waals surface area contributed by atoms with Crippen molar-refractivity contribution in [2.75, 3.05) is 11.5 Å². The summed E-state index contributed by atoms with van der Waals surface area (Å²) in [5.74, 6) is 0.392. The lowest BCUT2D eigenvalue weighted by Crippen LogP contribution is -2.24. The average Bonchev–Trinajstić information content (AvgIpc) is 2.79. The highest BCUT2D eigenvalue weighted by Crippen LogP contribution is 2.03. The van der Waals surface area contributed by atoms with Gasteiger partial charge in [0.1, 0.15) is 12.2 Å². The molecule has 1 aromatic heterocycles. The third-order valence-corrected chi connectivity index (χ3v) is 3.27. The van der Waals surface area contributed by atoms with Crippen molar-refractivity contribution in [1.82, 2.24) is 20.3 Å². The Morgan fingerprint density at radius 2 is 2.32 bits per heavy atom. The molecule has 0 spiro atoms. The van der Waals surface area contributed by atoms with Gasteiger partial charge in [-0.1, -0.05) is 18.6 Å². The number of unbranched alkanes of at least 4 members (excludes halogenated alkanes) is 1. The maximum absolute atomic E-state index is 11.5. The number of hydrogen-bond acceptors (Lipinski definition) is 5. The Hall–Kier alpha value is -1.57. The molecule has 0 radical (unpaired) electrons. The maximum Gasteiger partial charge on any atom is 0.325 e. The van der Waals surface area contributed by atoms with E-state index in [4.69, 9.17) is 5.11 Å². The quantitative estimate of drug-likeness (QED) is 0.642. The van der Waals surface area contributed by atoms with Crippen LogP contribution in [0.15, 0.2) is 6.20 Å². The molecule has 2 N–H and O–H groups in total. The number of nitrogens with one attached hydrogen (secondary N) is 1. The molecule has 1 rings (SSSR count). The second kappa shape index (κ2) is 8.52. The van der Waals surface area contributed by atoms with Crippen molar-refractivity contribution in [3.8, 4) is 0 Å². The molecule has 0 saturated carbocycles. The lowest BCUT2D eigenvalue weighted by Gasteiger charge is -2.02. The van der Waals surface area contributed by atoms with Crippen LogP contribution in [-0.2, 0) is 22.7 Å². The summed E-state index contributed by atoms with van der Waals surface area (Å²) in [6.45, 7) is 2.15. The van der Waals surface area contributed by atoms with Crippen molar-refractivity contribution in [3.63, 3.8) is 0 Å². The lowest BCUT2D eigenvalue weighted by molar-refractivity contribution is -0.137. The fourth-order valence-electron chi connectivity index (χ4n) is 1.29. The molecule has 1 aromatic rings. The van der Waals surface area contributed by atoms with Crippen molar-refractivity contribution in [2.24, 2.45) is 0 Å². The minimum atomic E-state index is -0.979. The molecule has 0 aliphatic carbocycles. The van der Waals surface area contributed by atoms with E-state index in [-0.39, 0.29) is 19.0 Å². The van der Waals surface area contributed by atoms with Gasteiger partial charge in [-0.2, -0.15) is 11.8 Å². The largest absolute Gasteiger partial charge is 0.480 e. The van der Waals surface area contributed by atoms with E-state index >= 15 is 0 Å². The van der Waals surface area contributed by atoms with E-state index in [1.54, 1.807) is 11.8 Å². The predicted molar refractivity (Wildman–Crippen MR) is 71.7 cm³/mol. The Morgan fingerprint density at radius 1 is 1.53 bits per heavy atom. The molecule has 0 aromatic carbocycles. The molecule has 8 heteroatoms. The Kier molecular flexibility index (Phi) is 6.94. The predicted octanol–water partition coefficient (Wildman–Crippen LogP) is 0.512. The number of nitrogens with zero attached hydrogens (tertiary/aromatic N) is 3. The van der Waals surface area contributed by atoms with Gasteiger partial charge in [0.2, 0.25) is 5.91 Å². The van der Waals surface area contributed by atoms with Crippen LogP contribution in [0.5, 0.6) is 0 Å². The average molecular weight is 286 g/mol. The summed E-state index contributed by atoms with van der Waals surface area (Å²) in [4.78, 5) is 21.9. The summed E-state index contributed by atoms with van der Waals surface area (Å²) in [5, 5.41) is 18.7. The summed E-state index contributed by atoms with van der Waals surface area (Å²) in [6, 6.07) is 0. The molecular weight excluding hydrogens is 268 g/mol. The smallest absolute Gasteiger partial charge is 0.325 e. The van der Waals surface area contributed by atoms with Crippen LogP contribution in [0, 0.1) is 0 Å². The zero-order valence-corrected chi connectivity index (χ0v) is 11.7. The van der Waals surface area contributed by atoms with Crippen molar-refractivity contribution in [1.29, 1.82) is 0 Å². The monoisotopic (exact) mass is 286 g/mol. The number of carbonyl (C=O) groups excluding carboxylic acids is 1. The Labute approximate surface area is 115 Å². The second-order valence-electron chi connectivity index (χ2n) is 3.98. The molecule has 7 nitrogen and oxygen atoms in total. The van der Waals surface area contributed by atoms with Crippen molar-refractivity contribution in [2.45, 2.75) is 32.9 Å². The number of carbonyl (C=O) groups is 2. The number of carboxylic acids is 1. The number of thioether (sulfide) groups is 1. The molecular formula is C11H18N4O3S. The molecule has 0 aliphatic heterocycles. The van der Waals surface area contributed by atoms with Crippen LogP contribution >= 0.6 is 11.8 Å². The standard InChI is InChI=1S/C11H18N4O3S/c1-2-3-4-19-8-10(16)12-5-9-6-15(14-13-9)7-11(17)18/h6H,2-5,7-8H2,1H3,(H,12,16)(H,17,18). The number of rotatable bonds is 9. The van der Waals surface area contributed by atoms with Gasteiger partial charge >= 0.3 is 5.97 Å². The fraction of sp³-hybridized carbons (Fsp3) is 0.636. The van der Waals surface area contributed by atoms with Gasteiger partial charge in [-0.05, 0) is 12.2 Å². The van der Waals surface area contributed by atoms with Crippen LogP contribution < -0.4 is 5.32 Å². The molecule has 0 unspecified atom stereocenters. The molecule has 1 heterocycles. The van der Waals surface area contributed by atoms with Gasteiger partial charge in [0.15, 0.2) is 0 Å². The van der Waals surface area contributed by atoms with Crippen molar-refractivity contribution >= 4 is 23.6 Å². The molecule has 0 saturated heterocycles. The van der Waals surface area contributed by atoms with E-state index < -0.39 is 5.97 Å². The summed E-state index contributed by atoms with van der Waals surface area (Å²) < 4.78 is 1.22. The fourth-order valence-corrected chi connectivity index (χ4v) is 2.21. The van der Waals surface area contributed by atoms with Crippen LogP contribution in [0.25, 0.3) is 0 Å². The third kappa shape index (κ3) is 6.80. The summed E-state index contributed by atoms with van der Waals surface area (Å²) >= 11 is 1.60. The first-order chi connectivity index (χ1) is 9.11. The normalized spacial score (nSPS) is 10.4. The molecule has 1 amide bonds. The van der Waals surface area contributed by atoms with Crippen LogP contribution in [-0.4, -0.2) is 43.5 Å². The summed E-state index contributed by atoms with van der Waals surface area (Å²) in [7, 11) is 0. The van der Waals surface area contributed by atoms with Gasteiger partial charge in [0.05, 0.1) is 18.5 Å². The highest BCUT2D eigenvalue weighted by molar-refractivity contribution is 7.99. The molecule has 0 aliphatic rings. The SMILES string of the molecule is CCCCSCC(=O)NCc1cn(CC(=O)O)nn1. The highest BCUT2D eigenvalue weighted by Gasteiger charge is 2.06. The summed E-state index contributed by atoms with van der Waals surface area (Å²) in [6.07, 6.45) is 3.75. The Morgan fingerprint density at radius 3 is 3.00 bits per heavy atom. The maximum atomic E-state index is 11.5. The zero-order chi connectivity index (χ0) is 14.1. The van der Waals surface area contributed by atoms with Crippen LogP contribution in [0.2, 0.25) is 0 Å². The van der Waals surface area contributed by atoms with E-state index in [0.29, 0.717) is 11.4 Å². The number of aliphatic carboxylic acids is 1. The van der Waals surface area contributed by atoms with Gasteiger partial charge < -0.3 is 10.4 Å². The zero-order valence-electron chi connectivity index (χ0n) is 10.8. The van der Waals surface area contributed by atoms with Gasteiger partial charge in [-0.25, -0.2) is 4.68 Å². The van der Waals surface area contributed by atoms with Crippen molar-refractivity contribution in [3.05, 3.63) is 11.9 Å². The van der Waals surface area contributed by atoms with Crippen molar-refractivity contribution < 1.29 is 14.7 Å². The van der Waals surface area contributed by atoms with Gasteiger partial charge in [-0.3, -0.25) is 9.59 Å². The van der Waals surface area contributed by atoms with E-state index in [2.05, 4.69) is 22.6 Å². The van der Waals surface area contributed by atoms with Gasteiger partial charge in [0.25, 0.3) is 0 Å².